The SMILES string of the molecule is CCC1C=NC=CC=C1c1ccc(C)cc1. The molecule has 0 radical (unpaired) electrons. The highest BCUT2D eigenvalue weighted by atomic mass is 14.7. The fraction of sp³-hybridized carbons (Fsp3) is 0.267. The number of hydrogen-bond acceptors (Lipinski definition) is 1. The van der Waals surface area contributed by atoms with Gasteiger partial charge >= 0.3 is 0 Å². The first-order chi connectivity index (χ1) is 7.81. The van der Waals surface area contributed by atoms with Gasteiger partial charge in [-0.15, -0.1) is 0 Å². The molecule has 0 spiro atoms. The van der Waals surface area contributed by atoms with Crippen molar-refractivity contribution >= 4 is 11.8 Å². The van der Waals surface area contributed by atoms with Crippen molar-refractivity contribution in [3.8, 4) is 0 Å². The third-order valence-electron chi connectivity index (χ3n) is 2.94. The largest absolute Gasteiger partial charge is 0.268 e. The smallest absolute Gasteiger partial charge is 0.0264 e. The van der Waals surface area contributed by atoms with E-state index >= 15 is 0 Å². The maximum atomic E-state index is 4.26. The Kier molecular flexibility index (Phi) is 3.35. The quantitative estimate of drug-likeness (QED) is 0.701. The van der Waals surface area contributed by atoms with Crippen molar-refractivity contribution in [3.05, 3.63) is 53.7 Å². The van der Waals surface area contributed by atoms with E-state index < -0.39 is 0 Å². The summed E-state index contributed by atoms with van der Waals surface area (Å²) in [5, 5.41) is 0. The van der Waals surface area contributed by atoms with Crippen LogP contribution in [0, 0.1) is 12.8 Å². The minimum absolute atomic E-state index is 0.428. The van der Waals surface area contributed by atoms with Crippen LogP contribution in [0.2, 0.25) is 0 Å². The molecular weight excluding hydrogens is 194 g/mol. The van der Waals surface area contributed by atoms with E-state index in [-0.39, 0.29) is 0 Å². The Balaban J connectivity index is 2.37. The molecule has 0 amide bonds. The summed E-state index contributed by atoms with van der Waals surface area (Å²) in [4.78, 5) is 4.26. The summed E-state index contributed by atoms with van der Waals surface area (Å²) >= 11 is 0. The van der Waals surface area contributed by atoms with E-state index in [1.54, 1.807) is 0 Å². The third-order valence-corrected chi connectivity index (χ3v) is 2.94. The van der Waals surface area contributed by atoms with E-state index in [0.29, 0.717) is 5.92 Å². The van der Waals surface area contributed by atoms with Gasteiger partial charge in [0.15, 0.2) is 0 Å². The number of rotatable bonds is 2. The van der Waals surface area contributed by atoms with Crippen molar-refractivity contribution in [1.82, 2.24) is 0 Å². The molecule has 1 heteroatoms. The van der Waals surface area contributed by atoms with Crippen molar-refractivity contribution in [3.63, 3.8) is 0 Å². The van der Waals surface area contributed by atoms with Gasteiger partial charge in [0.2, 0.25) is 0 Å². The summed E-state index contributed by atoms with van der Waals surface area (Å²) in [5.41, 5.74) is 3.96. The summed E-state index contributed by atoms with van der Waals surface area (Å²) in [6, 6.07) is 8.71. The Morgan fingerprint density at radius 1 is 1.19 bits per heavy atom. The van der Waals surface area contributed by atoms with Crippen molar-refractivity contribution in [1.29, 1.82) is 0 Å². The molecule has 1 aromatic rings. The lowest BCUT2D eigenvalue weighted by molar-refractivity contribution is 0.851. The van der Waals surface area contributed by atoms with Crippen LogP contribution in [-0.2, 0) is 0 Å². The lowest BCUT2D eigenvalue weighted by atomic mass is 9.91. The molecule has 1 atom stereocenters. The summed E-state index contributed by atoms with van der Waals surface area (Å²) < 4.78 is 0. The standard InChI is InChI=1S/C15H17N/c1-3-13-11-16-10-4-5-15(13)14-8-6-12(2)7-9-14/h4-11,13H,3H2,1-2H3. The highest BCUT2D eigenvalue weighted by molar-refractivity contribution is 5.84. The third kappa shape index (κ3) is 2.30. The molecule has 2 rings (SSSR count). The van der Waals surface area contributed by atoms with Crippen LogP contribution in [0.4, 0.5) is 0 Å². The summed E-state index contributed by atoms with van der Waals surface area (Å²) in [6.07, 6.45) is 9.16. The zero-order valence-electron chi connectivity index (χ0n) is 9.85. The number of benzene rings is 1. The van der Waals surface area contributed by atoms with Crippen LogP contribution in [0.3, 0.4) is 0 Å². The van der Waals surface area contributed by atoms with Gasteiger partial charge in [-0.25, -0.2) is 0 Å². The molecule has 0 aliphatic carbocycles. The monoisotopic (exact) mass is 211 g/mol. The maximum absolute atomic E-state index is 4.26. The second-order valence-electron chi connectivity index (χ2n) is 4.14. The van der Waals surface area contributed by atoms with Gasteiger partial charge in [-0.3, -0.25) is 4.99 Å². The molecule has 1 heterocycles. The molecule has 0 aromatic heterocycles. The number of nitrogens with zero attached hydrogens (tertiary/aromatic N) is 1. The Morgan fingerprint density at radius 2 is 1.94 bits per heavy atom. The maximum Gasteiger partial charge on any atom is 0.0264 e. The fourth-order valence-corrected chi connectivity index (χ4v) is 1.94. The lowest BCUT2D eigenvalue weighted by Gasteiger charge is -2.14. The number of aryl methyl sites for hydroxylation is 1. The van der Waals surface area contributed by atoms with Gasteiger partial charge in [0.25, 0.3) is 0 Å². The van der Waals surface area contributed by atoms with Crippen molar-refractivity contribution in [2.75, 3.05) is 0 Å². The molecule has 0 fully saturated rings. The molecule has 1 unspecified atom stereocenters. The normalized spacial score (nSPS) is 19.4. The lowest BCUT2D eigenvalue weighted by Crippen LogP contribution is -2.03. The van der Waals surface area contributed by atoms with Gasteiger partial charge in [0.1, 0.15) is 0 Å². The fourth-order valence-electron chi connectivity index (χ4n) is 1.94. The van der Waals surface area contributed by atoms with Gasteiger partial charge in [-0.05, 0) is 30.6 Å². The molecule has 82 valence electrons. The van der Waals surface area contributed by atoms with Crippen molar-refractivity contribution in [2.24, 2.45) is 10.9 Å². The first-order valence-corrected chi connectivity index (χ1v) is 5.78. The Hall–Kier alpha value is -1.63. The zero-order valence-corrected chi connectivity index (χ0v) is 9.85. The second kappa shape index (κ2) is 4.93. The summed E-state index contributed by atoms with van der Waals surface area (Å²) in [7, 11) is 0. The predicted octanol–water partition coefficient (Wildman–Crippen LogP) is 4.00. The minimum atomic E-state index is 0.428. The topological polar surface area (TPSA) is 12.4 Å². The van der Waals surface area contributed by atoms with Gasteiger partial charge < -0.3 is 0 Å². The Labute approximate surface area is 97.2 Å². The van der Waals surface area contributed by atoms with Crippen molar-refractivity contribution in [2.45, 2.75) is 20.3 Å². The Morgan fingerprint density at radius 3 is 2.62 bits per heavy atom. The van der Waals surface area contributed by atoms with E-state index in [1.807, 2.05) is 18.5 Å². The molecular formula is C15H17N. The number of allylic oxidation sites excluding steroid dienone is 3. The van der Waals surface area contributed by atoms with E-state index in [4.69, 9.17) is 0 Å². The predicted molar refractivity (Wildman–Crippen MR) is 70.6 cm³/mol. The van der Waals surface area contributed by atoms with E-state index in [0.717, 1.165) is 6.42 Å². The molecule has 0 bridgehead atoms. The zero-order chi connectivity index (χ0) is 11.4. The van der Waals surface area contributed by atoms with Gasteiger partial charge in [-0.1, -0.05) is 42.8 Å². The molecule has 1 aliphatic heterocycles. The van der Waals surface area contributed by atoms with E-state index in [9.17, 15) is 0 Å². The van der Waals surface area contributed by atoms with Gasteiger partial charge in [0, 0.05) is 18.3 Å². The average molecular weight is 211 g/mol. The molecule has 0 saturated heterocycles. The van der Waals surface area contributed by atoms with Crippen LogP contribution in [-0.4, -0.2) is 6.21 Å². The van der Waals surface area contributed by atoms with Crippen LogP contribution in [0.1, 0.15) is 24.5 Å². The second-order valence-corrected chi connectivity index (χ2v) is 4.14. The molecule has 1 aromatic carbocycles. The highest BCUT2D eigenvalue weighted by Crippen LogP contribution is 2.26. The summed E-state index contributed by atoms with van der Waals surface area (Å²) in [6.45, 7) is 4.31. The molecule has 1 nitrogen and oxygen atoms in total. The van der Waals surface area contributed by atoms with Crippen LogP contribution >= 0.6 is 0 Å². The van der Waals surface area contributed by atoms with Crippen LogP contribution in [0.5, 0.6) is 0 Å². The summed E-state index contributed by atoms with van der Waals surface area (Å²) in [5.74, 6) is 0.428. The van der Waals surface area contributed by atoms with Crippen molar-refractivity contribution < 1.29 is 0 Å². The molecule has 1 aliphatic rings. The first-order valence-electron chi connectivity index (χ1n) is 5.78. The molecule has 16 heavy (non-hydrogen) atoms. The highest BCUT2D eigenvalue weighted by Gasteiger charge is 2.12. The number of hydrogen-bond donors (Lipinski definition) is 0. The average Bonchev–Trinajstić information content (AvgIpc) is 2.55. The Bertz CT molecular complexity index is 435. The van der Waals surface area contributed by atoms with Crippen LogP contribution in [0.25, 0.3) is 5.57 Å². The van der Waals surface area contributed by atoms with Gasteiger partial charge in [-0.2, -0.15) is 0 Å². The van der Waals surface area contributed by atoms with Gasteiger partial charge in [0.05, 0.1) is 0 Å². The molecule has 0 N–H and O–H groups in total. The van der Waals surface area contributed by atoms with E-state index in [1.165, 1.54) is 16.7 Å². The van der Waals surface area contributed by atoms with Crippen LogP contribution in [0.15, 0.2) is 47.6 Å². The van der Waals surface area contributed by atoms with E-state index in [2.05, 4.69) is 49.2 Å². The first kappa shape index (κ1) is 10.9. The van der Waals surface area contributed by atoms with Crippen LogP contribution < -0.4 is 0 Å². The molecule has 0 saturated carbocycles. The number of aliphatic imine (C=N–C) groups is 1. The minimum Gasteiger partial charge on any atom is -0.268 e.